The van der Waals surface area contributed by atoms with E-state index >= 15 is 0 Å². The molecule has 4 heterocycles. The van der Waals surface area contributed by atoms with Gasteiger partial charge in [0, 0.05) is 37.1 Å². The summed E-state index contributed by atoms with van der Waals surface area (Å²) in [4.78, 5) is 9.07. The van der Waals surface area contributed by atoms with Crippen molar-refractivity contribution in [2.24, 2.45) is 0 Å². The lowest BCUT2D eigenvalue weighted by Gasteiger charge is -2.29. The van der Waals surface area contributed by atoms with Crippen LogP contribution in [0.2, 0.25) is 0 Å². The molecule has 11 heteroatoms. The van der Waals surface area contributed by atoms with Crippen molar-refractivity contribution in [2.75, 3.05) is 31.3 Å². The van der Waals surface area contributed by atoms with E-state index in [-0.39, 0.29) is 6.04 Å². The number of aromatic amines is 1. The zero-order valence-corrected chi connectivity index (χ0v) is 16.8. The topological polar surface area (TPSA) is 113 Å². The number of hydrogen-bond donors (Lipinski definition) is 2. The molecule has 28 heavy (non-hydrogen) atoms. The summed E-state index contributed by atoms with van der Waals surface area (Å²) in [7, 11) is -0.912. The van der Waals surface area contributed by atoms with Crippen LogP contribution in [0.1, 0.15) is 26.2 Å². The fourth-order valence-corrected chi connectivity index (χ4v) is 3.97. The summed E-state index contributed by atoms with van der Waals surface area (Å²) in [6.07, 6.45) is 9.54. The molecule has 1 aliphatic rings. The second kappa shape index (κ2) is 8.23. The number of hydrogen-bond acceptors (Lipinski definition) is 7. The van der Waals surface area contributed by atoms with Gasteiger partial charge in [-0.2, -0.15) is 14.6 Å². The number of piperidine rings is 1. The molecule has 3 aromatic heterocycles. The number of nitrogens with zero attached hydrogens (tertiary/aromatic N) is 6. The number of anilines is 1. The molecule has 0 spiro atoms. The molecule has 1 aliphatic heterocycles. The van der Waals surface area contributed by atoms with Crippen molar-refractivity contribution in [3.63, 3.8) is 0 Å². The van der Waals surface area contributed by atoms with Crippen molar-refractivity contribution in [1.82, 2.24) is 34.1 Å². The summed E-state index contributed by atoms with van der Waals surface area (Å²) in [5, 5.41) is 14.8. The smallest absolute Gasteiger partial charge is 0.244 e. The van der Waals surface area contributed by atoms with Crippen LogP contribution >= 0.6 is 0 Å². The third kappa shape index (κ3) is 3.85. The fourth-order valence-electron chi connectivity index (χ4n) is 3.24. The first-order chi connectivity index (χ1) is 13.7. The lowest BCUT2D eigenvalue weighted by atomic mass is 10.1. The van der Waals surface area contributed by atoms with E-state index in [1.165, 1.54) is 0 Å². The number of ether oxygens (including phenoxy) is 1. The second-order valence-corrected chi connectivity index (χ2v) is 8.09. The highest BCUT2D eigenvalue weighted by molar-refractivity contribution is 7.81. The van der Waals surface area contributed by atoms with E-state index in [2.05, 4.69) is 37.5 Å². The molecule has 4 rings (SSSR count). The van der Waals surface area contributed by atoms with Crippen LogP contribution in [0.5, 0.6) is 5.88 Å². The molecule has 0 amide bonds. The molecule has 2 N–H and O–H groups in total. The van der Waals surface area contributed by atoms with Gasteiger partial charge in [-0.25, -0.2) is 13.5 Å². The lowest BCUT2D eigenvalue weighted by molar-refractivity contribution is 0.297. The predicted octanol–water partition coefficient (Wildman–Crippen LogP) is 1.47. The third-order valence-electron chi connectivity index (χ3n) is 4.70. The molecule has 10 nitrogen and oxygen atoms in total. The van der Waals surface area contributed by atoms with Crippen LogP contribution < -0.4 is 10.1 Å². The van der Waals surface area contributed by atoms with Gasteiger partial charge in [0.15, 0.2) is 5.65 Å². The third-order valence-corrected chi connectivity index (χ3v) is 5.79. The normalized spacial score (nSPS) is 17.1. The van der Waals surface area contributed by atoms with Crippen LogP contribution in [-0.4, -0.2) is 70.3 Å². The Morgan fingerprint density at radius 1 is 1.36 bits per heavy atom. The zero-order valence-electron chi connectivity index (χ0n) is 16.0. The molecule has 1 fully saturated rings. The van der Waals surface area contributed by atoms with Crippen molar-refractivity contribution >= 4 is 22.6 Å². The fraction of sp³-hybridized carbons (Fsp3) is 0.529. The quantitative estimate of drug-likeness (QED) is 0.613. The maximum absolute atomic E-state index is 11.6. The number of H-pyrrole nitrogens is 1. The summed E-state index contributed by atoms with van der Waals surface area (Å²) >= 11 is 0. The van der Waals surface area contributed by atoms with Gasteiger partial charge in [0.2, 0.25) is 11.8 Å². The van der Waals surface area contributed by atoms with Crippen molar-refractivity contribution in [3.05, 3.63) is 18.6 Å². The molecule has 0 aromatic carbocycles. The van der Waals surface area contributed by atoms with E-state index in [9.17, 15) is 4.21 Å². The maximum Gasteiger partial charge on any atom is 0.244 e. The van der Waals surface area contributed by atoms with Gasteiger partial charge in [0.25, 0.3) is 0 Å². The van der Waals surface area contributed by atoms with E-state index in [4.69, 9.17) is 4.74 Å². The van der Waals surface area contributed by atoms with Gasteiger partial charge in [-0.3, -0.25) is 5.10 Å². The molecule has 1 unspecified atom stereocenters. The van der Waals surface area contributed by atoms with Gasteiger partial charge in [-0.1, -0.05) is 6.92 Å². The first kappa shape index (κ1) is 18.8. The molecule has 0 radical (unpaired) electrons. The van der Waals surface area contributed by atoms with Gasteiger partial charge in [0.1, 0.15) is 5.69 Å². The predicted molar refractivity (Wildman–Crippen MR) is 106 cm³/mol. The van der Waals surface area contributed by atoms with E-state index < -0.39 is 11.0 Å². The number of rotatable bonds is 7. The van der Waals surface area contributed by atoms with Crippen molar-refractivity contribution in [2.45, 2.75) is 32.2 Å². The van der Waals surface area contributed by atoms with E-state index in [1.54, 1.807) is 29.4 Å². The minimum Gasteiger partial charge on any atom is -0.476 e. The lowest BCUT2D eigenvalue weighted by Crippen LogP contribution is -2.39. The van der Waals surface area contributed by atoms with E-state index in [1.807, 2.05) is 4.31 Å². The number of nitrogens with one attached hydrogen (secondary N) is 2. The van der Waals surface area contributed by atoms with Crippen LogP contribution in [0.15, 0.2) is 18.6 Å². The highest BCUT2D eigenvalue weighted by Gasteiger charge is 2.23. The first-order valence-electron chi connectivity index (χ1n) is 9.38. The van der Waals surface area contributed by atoms with Crippen LogP contribution in [0.25, 0.3) is 16.9 Å². The Kier molecular flexibility index (Phi) is 5.53. The molecule has 150 valence electrons. The average Bonchev–Trinajstić information content (AvgIpc) is 3.36. The molecule has 3 aromatic rings. The second-order valence-electron chi connectivity index (χ2n) is 6.72. The minimum absolute atomic E-state index is 0.249. The molecular weight excluding hydrogens is 380 g/mol. The molecule has 1 atom stereocenters. The average molecular weight is 405 g/mol. The van der Waals surface area contributed by atoms with Crippen LogP contribution in [0, 0.1) is 0 Å². The van der Waals surface area contributed by atoms with Gasteiger partial charge in [-0.15, -0.1) is 5.10 Å². The Labute approximate surface area is 165 Å². The van der Waals surface area contributed by atoms with Gasteiger partial charge in [0.05, 0.1) is 30.0 Å². The number of fused-ring (bicyclic) bond motifs is 1. The maximum atomic E-state index is 11.6. The SMILES string of the molecule is CCCOc1c(-c2cn[nH]c2)ncc2nc(NC3CCN(S(C)=O)CC3)nn12. The van der Waals surface area contributed by atoms with Gasteiger partial charge >= 0.3 is 0 Å². The van der Waals surface area contributed by atoms with E-state index in [0.717, 1.165) is 37.9 Å². The Morgan fingerprint density at radius 2 is 2.18 bits per heavy atom. The van der Waals surface area contributed by atoms with Crippen LogP contribution in [-0.2, 0) is 11.0 Å². The highest BCUT2D eigenvalue weighted by atomic mass is 32.2. The Balaban J connectivity index is 1.59. The minimum atomic E-state index is -0.912. The molecule has 0 bridgehead atoms. The first-order valence-corrected chi connectivity index (χ1v) is 10.9. The van der Waals surface area contributed by atoms with Crippen molar-refractivity contribution in [1.29, 1.82) is 0 Å². The number of aromatic nitrogens is 6. The Hall–Kier alpha value is -2.53. The zero-order chi connectivity index (χ0) is 19.5. The molecule has 1 saturated heterocycles. The Bertz CT molecular complexity index is 950. The van der Waals surface area contributed by atoms with Gasteiger partial charge < -0.3 is 10.1 Å². The van der Waals surface area contributed by atoms with Crippen molar-refractivity contribution < 1.29 is 8.95 Å². The standard InChI is InChI=1S/C17H24N8O2S/c1-3-8-27-16-15(12-9-19-20-10-12)18-11-14-22-17(23-25(14)16)21-13-4-6-24(7-5-13)28(2)26/h9-11,13H,3-8H2,1-2H3,(H,19,20)(H,21,23). The monoisotopic (exact) mass is 404 g/mol. The summed E-state index contributed by atoms with van der Waals surface area (Å²) in [6, 6.07) is 0.249. The van der Waals surface area contributed by atoms with Crippen LogP contribution in [0.3, 0.4) is 0 Å². The van der Waals surface area contributed by atoms with Crippen LogP contribution in [0.4, 0.5) is 5.95 Å². The molecule has 0 aliphatic carbocycles. The largest absolute Gasteiger partial charge is 0.476 e. The van der Waals surface area contributed by atoms with Crippen molar-refractivity contribution in [3.8, 4) is 17.1 Å². The summed E-state index contributed by atoms with van der Waals surface area (Å²) in [5.41, 5.74) is 2.12. The summed E-state index contributed by atoms with van der Waals surface area (Å²) in [6.45, 7) is 4.20. The van der Waals surface area contributed by atoms with Gasteiger partial charge in [-0.05, 0) is 19.3 Å². The summed E-state index contributed by atoms with van der Waals surface area (Å²) < 4.78 is 21.2. The highest BCUT2D eigenvalue weighted by Crippen LogP contribution is 2.28. The molecule has 0 saturated carbocycles. The molecular formula is C17H24N8O2S. The van der Waals surface area contributed by atoms with E-state index in [0.29, 0.717) is 29.8 Å². The Morgan fingerprint density at radius 3 is 2.86 bits per heavy atom. The summed E-state index contributed by atoms with van der Waals surface area (Å²) in [5.74, 6) is 1.10.